The van der Waals surface area contributed by atoms with Crippen LogP contribution in [0.5, 0.6) is 0 Å². The first-order chi connectivity index (χ1) is 13.3. The van der Waals surface area contributed by atoms with Crippen molar-refractivity contribution in [2.75, 3.05) is 13.1 Å². The Morgan fingerprint density at radius 1 is 1.14 bits per heavy atom. The fourth-order valence-corrected chi connectivity index (χ4v) is 3.24. The summed E-state index contributed by atoms with van der Waals surface area (Å²) in [6.07, 6.45) is 0. The molecule has 1 unspecified atom stereocenters. The topological polar surface area (TPSA) is 99.9 Å². The lowest BCUT2D eigenvalue weighted by molar-refractivity contribution is -0.141. The number of carboxylic acid groups (broad SMARTS) is 1. The number of carbonyl (C=O) groups excluding carboxylic acids is 2. The third-order valence-electron chi connectivity index (χ3n) is 4.83. The molecule has 0 saturated carbocycles. The molecular formula is C21H22N2O5. The molecule has 1 atom stereocenters. The molecule has 0 aliphatic carbocycles. The van der Waals surface area contributed by atoms with Gasteiger partial charge in [-0.3, -0.25) is 9.59 Å². The number of carbonyl (C=O) groups is 3. The summed E-state index contributed by atoms with van der Waals surface area (Å²) in [4.78, 5) is 37.0. The van der Waals surface area contributed by atoms with Crippen molar-refractivity contribution in [2.24, 2.45) is 0 Å². The molecule has 28 heavy (non-hydrogen) atoms. The third kappa shape index (κ3) is 3.55. The predicted molar refractivity (Wildman–Crippen MR) is 105 cm³/mol. The first-order valence-electron chi connectivity index (χ1n) is 9.00. The van der Waals surface area contributed by atoms with Gasteiger partial charge >= 0.3 is 5.97 Å². The molecule has 0 bridgehead atoms. The molecule has 0 aliphatic heterocycles. The Bertz CT molecular complexity index is 1070. The van der Waals surface area contributed by atoms with Crippen LogP contribution in [0.15, 0.2) is 40.8 Å². The molecular weight excluding hydrogens is 360 g/mol. The minimum atomic E-state index is -1.13. The predicted octanol–water partition coefficient (Wildman–Crippen LogP) is 2.95. The van der Waals surface area contributed by atoms with Gasteiger partial charge in [0.1, 0.15) is 11.6 Å². The zero-order chi connectivity index (χ0) is 20.4. The number of nitrogens with zero attached hydrogens (tertiary/aromatic N) is 1. The molecule has 3 rings (SSSR count). The van der Waals surface area contributed by atoms with Crippen LogP contribution in [0.2, 0.25) is 0 Å². The average Bonchev–Trinajstić information content (AvgIpc) is 3.01. The molecule has 7 nitrogen and oxygen atoms in total. The zero-order valence-electron chi connectivity index (χ0n) is 16.0. The number of benzene rings is 2. The van der Waals surface area contributed by atoms with Gasteiger partial charge in [-0.1, -0.05) is 36.4 Å². The number of aliphatic carboxylic acids is 1. The van der Waals surface area contributed by atoms with E-state index in [-0.39, 0.29) is 24.8 Å². The van der Waals surface area contributed by atoms with Crippen molar-refractivity contribution < 1.29 is 23.9 Å². The van der Waals surface area contributed by atoms with E-state index in [1.807, 2.05) is 36.4 Å². The maximum atomic E-state index is 13.1. The fraction of sp³-hybridized carbons (Fsp3) is 0.286. The Morgan fingerprint density at radius 3 is 2.54 bits per heavy atom. The molecule has 0 radical (unpaired) electrons. The molecule has 7 heteroatoms. The molecule has 0 fully saturated rings. The number of aryl methyl sites for hydroxylation is 1. The van der Waals surface area contributed by atoms with Crippen LogP contribution in [-0.2, 0) is 9.59 Å². The quantitative estimate of drug-likeness (QED) is 0.683. The van der Waals surface area contributed by atoms with Crippen LogP contribution in [0.3, 0.4) is 0 Å². The van der Waals surface area contributed by atoms with Crippen LogP contribution in [0.1, 0.15) is 30.0 Å². The number of hydrogen-bond donors (Lipinski definition) is 2. The Morgan fingerprint density at radius 2 is 1.86 bits per heavy atom. The van der Waals surface area contributed by atoms with Gasteiger partial charge in [0.05, 0.1) is 0 Å². The van der Waals surface area contributed by atoms with Gasteiger partial charge in [0.15, 0.2) is 5.76 Å². The minimum Gasteiger partial charge on any atom is -0.480 e. The van der Waals surface area contributed by atoms with Crippen LogP contribution >= 0.6 is 0 Å². The van der Waals surface area contributed by atoms with E-state index in [4.69, 9.17) is 4.42 Å². The summed E-state index contributed by atoms with van der Waals surface area (Å²) in [5.74, 6) is -1.78. The lowest BCUT2D eigenvalue weighted by Crippen LogP contribution is -2.46. The summed E-state index contributed by atoms with van der Waals surface area (Å²) < 4.78 is 5.94. The average molecular weight is 382 g/mol. The van der Waals surface area contributed by atoms with Crippen LogP contribution in [-0.4, -0.2) is 46.9 Å². The van der Waals surface area contributed by atoms with Crippen molar-refractivity contribution in [3.8, 4) is 0 Å². The summed E-state index contributed by atoms with van der Waals surface area (Å²) in [7, 11) is 0. The van der Waals surface area contributed by atoms with Gasteiger partial charge in [0.25, 0.3) is 5.91 Å². The molecule has 2 N–H and O–H groups in total. The number of furan rings is 1. The summed E-state index contributed by atoms with van der Waals surface area (Å²) >= 11 is 0. The van der Waals surface area contributed by atoms with Crippen LogP contribution in [0.25, 0.3) is 21.7 Å². The SMILES string of the molecule is CC(=O)NCCN(C(=O)c1oc2c(ccc3ccccc32)c1C)C(C)C(=O)O. The van der Waals surface area contributed by atoms with Gasteiger partial charge in [-0.15, -0.1) is 0 Å². The van der Waals surface area contributed by atoms with E-state index < -0.39 is 17.9 Å². The molecule has 2 aromatic carbocycles. The summed E-state index contributed by atoms with van der Waals surface area (Å²) in [5, 5.41) is 14.7. The van der Waals surface area contributed by atoms with Gasteiger partial charge in [0.2, 0.25) is 5.91 Å². The van der Waals surface area contributed by atoms with Crippen molar-refractivity contribution in [2.45, 2.75) is 26.8 Å². The Hall–Kier alpha value is -3.35. The maximum Gasteiger partial charge on any atom is 0.326 e. The van der Waals surface area contributed by atoms with Crippen molar-refractivity contribution in [3.63, 3.8) is 0 Å². The number of rotatable bonds is 6. The van der Waals surface area contributed by atoms with Crippen molar-refractivity contribution >= 4 is 39.5 Å². The van der Waals surface area contributed by atoms with Gasteiger partial charge in [-0.05, 0) is 19.2 Å². The number of nitrogens with one attached hydrogen (secondary N) is 1. The van der Waals surface area contributed by atoms with Gasteiger partial charge in [0, 0.05) is 36.3 Å². The van der Waals surface area contributed by atoms with Crippen molar-refractivity contribution in [1.82, 2.24) is 10.2 Å². The Kier molecular flexibility index (Phi) is 5.35. The van der Waals surface area contributed by atoms with E-state index in [0.29, 0.717) is 11.1 Å². The van der Waals surface area contributed by atoms with Gasteiger partial charge < -0.3 is 19.7 Å². The molecule has 2 amide bonds. The van der Waals surface area contributed by atoms with Crippen LogP contribution < -0.4 is 5.32 Å². The number of hydrogen-bond acceptors (Lipinski definition) is 4. The molecule has 1 heterocycles. The van der Waals surface area contributed by atoms with Crippen LogP contribution in [0.4, 0.5) is 0 Å². The van der Waals surface area contributed by atoms with E-state index in [0.717, 1.165) is 16.2 Å². The fourth-order valence-electron chi connectivity index (χ4n) is 3.24. The lowest BCUT2D eigenvalue weighted by atomic mass is 10.1. The second kappa shape index (κ2) is 7.72. The second-order valence-electron chi connectivity index (χ2n) is 6.72. The number of fused-ring (bicyclic) bond motifs is 3. The van der Waals surface area contributed by atoms with Gasteiger partial charge in [-0.25, -0.2) is 4.79 Å². The van der Waals surface area contributed by atoms with E-state index in [2.05, 4.69) is 5.32 Å². The first kappa shape index (κ1) is 19.4. The summed E-state index contributed by atoms with van der Waals surface area (Å²) in [6, 6.07) is 10.5. The smallest absolute Gasteiger partial charge is 0.326 e. The molecule has 146 valence electrons. The van der Waals surface area contributed by atoms with Crippen LogP contribution in [0, 0.1) is 6.92 Å². The molecule has 0 spiro atoms. The maximum absolute atomic E-state index is 13.1. The summed E-state index contributed by atoms with van der Waals surface area (Å²) in [5.41, 5.74) is 1.26. The Balaban J connectivity index is 2.03. The van der Waals surface area contributed by atoms with E-state index in [1.54, 1.807) is 6.92 Å². The number of carboxylic acids is 1. The van der Waals surface area contributed by atoms with E-state index in [9.17, 15) is 19.5 Å². The monoisotopic (exact) mass is 382 g/mol. The molecule has 0 aliphatic rings. The summed E-state index contributed by atoms with van der Waals surface area (Å²) in [6.45, 7) is 4.79. The number of amides is 2. The minimum absolute atomic E-state index is 0.0586. The normalized spacial score (nSPS) is 12.1. The standard InChI is InChI=1S/C21H22N2O5/c1-12-16-9-8-15-6-4-5-7-17(15)19(16)28-18(12)20(25)23(13(2)21(26)27)11-10-22-14(3)24/h4-9,13H,10-11H2,1-3H3,(H,22,24)(H,26,27). The lowest BCUT2D eigenvalue weighted by Gasteiger charge is -2.26. The molecule has 3 aromatic rings. The second-order valence-corrected chi connectivity index (χ2v) is 6.72. The molecule has 1 aromatic heterocycles. The van der Waals surface area contributed by atoms with E-state index in [1.165, 1.54) is 18.7 Å². The highest BCUT2D eigenvalue weighted by Crippen LogP contribution is 2.32. The van der Waals surface area contributed by atoms with E-state index >= 15 is 0 Å². The highest BCUT2D eigenvalue weighted by Gasteiger charge is 2.30. The van der Waals surface area contributed by atoms with Gasteiger partial charge in [-0.2, -0.15) is 0 Å². The highest BCUT2D eigenvalue weighted by atomic mass is 16.4. The zero-order valence-corrected chi connectivity index (χ0v) is 16.0. The third-order valence-corrected chi connectivity index (χ3v) is 4.83. The largest absolute Gasteiger partial charge is 0.480 e. The van der Waals surface area contributed by atoms with Crippen molar-refractivity contribution in [3.05, 3.63) is 47.7 Å². The Labute approximate surface area is 161 Å². The first-order valence-corrected chi connectivity index (χ1v) is 9.00. The molecule has 0 saturated heterocycles. The highest BCUT2D eigenvalue weighted by molar-refractivity contribution is 6.09. The van der Waals surface area contributed by atoms with Crippen molar-refractivity contribution in [1.29, 1.82) is 0 Å².